The second-order valence-electron chi connectivity index (χ2n) is 22.6. The summed E-state index contributed by atoms with van der Waals surface area (Å²) in [4.78, 5) is 25.8. The molecule has 519 valence electrons. The molecule has 6 heterocycles. The van der Waals surface area contributed by atoms with Crippen LogP contribution in [0, 0.1) is 69.7 Å². The van der Waals surface area contributed by atoms with Crippen molar-refractivity contribution in [3.8, 4) is 101 Å². The average molecular weight is 1890 g/mol. The van der Waals surface area contributed by atoms with E-state index in [1.54, 1.807) is 74.5 Å². The first-order valence-electron chi connectivity index (χ1n) is 38.1. The first-order valence-corrected chi connectivity index (χ1v) is 32.1. The fourth-order valence-corrected chi connectivity index (χ4v) is 9.80. The second-order valence-corrected chi connectivity index (χ2v) is 22.6. The Balaban J connectivity index is 0.000000191. The molecule has 0 amide bonds. The molecule has 0 unspecified atom stereocenters. The van der Waals surface area contributed by atoms with Crippen LogP contribution in [0.3, 0.4) is 0 Å². The molecule has 0 N–H and O–H groups in total. The van der Waals surface area contributed by atoms with Crippen molar-refractivity contribution in [2.45, 2.75) is 60.5 Å². The molecule has 0 aliphatic rings. The van der Waals surface area contributed by atoms with Crippen LogP contribution in [0.25, 0.3) is 101 Å². The number of benzene rings is 9. The van der Waals surface area contributed by atoms with Crippen molar-refractivity contribution in [2.24, 2.45) is 0 Å². The summed E-state index contributed by atoms with van der Waals surface area (Å²) < 4.78 is 102. The fourth-order valence-electron chi connectivity index (χ4n) is 9.80. The smallest absolute Gasteiger partial charge is 0.126 e. The van der Waals surface area contributed by atoms with Crippen molar-refractivity contribution in [1.82, 2.24) is 29.9 Å². The quantitative estimate of drug-likeness (QED) is 0.120. The van der Waals surface area contributed by atoms with Gasteiger partial charge in [-0.25, -0.2) is 4.39 Å². The van der Waals surface area contributed by atoms with E-state index in [4.69, 9.17) is 16.4 Å². The molecule has 10 heteroatoms. The maximum absolute atomic E-state index is 13.3. The van der Waals surface area contributed by atoms with Gasteiger partial charge in [-0.05, 0) is 153 Å². The third-order valence-electron chi connectivity index (χ3n) is 15.3. The zero-order valence-electron chi connectivity index (χ0n) is 68.7. The molecule has 103 heavy (non-hydrogen) atoms. The molecule has 0 saturated carbocycles. The molecular weight excluding hydrogens is 1800 g/mol. The maximum Gasteiger partial charge on any atom is 0.126 e. The Kier molecular flexibility index (Phi) is 26.1. The number of rotatable bonds is 11. The van der Waals surface area contributed by atoms with Crippen LogP contribution in [0.15, 0.2) is 322 Å². The van der Waals surface area contributed by atoms with E-state index < -0.39 is 32.8 Å². The molecule has 9 aromatic carbocycles. The SMILES string of the molecule is Cc1cc(-c2ccc(-c3[c-]cccc3)nc2)ccc1F.[2H]C(C)(C)c1ccc(-c2ccc(-c3[c-]cccc3)nc2)cc1.[2H]C([2H])(C)c1ccc(-c2ccc(-c3[c-]cccc3)nc2)cc1.[2H]C([2H])([2H])c1ccc(-c2[c-]cccc2)nc1.[2H]C([2H])([2H])c1ccc(-c2[c-]cccc2)nc1.[2H]C([2H])([2H])c1ccc(-c2[c-]cccc2)nc1.[Ir].[Ir].[Ir]. The molecule has 15 rings (SSSR count). The summed E-state index contributed by atoms with van der Waals surface area (Å²) in [6.45, 7) is 0.849. The van der Waals surface area contributed by atoms with Crippen molar-refractivity contribution in [3.63, 3.8) is 0 Å². The maximum atomic E-state index is 13.3. The predicted molar refractivity (Wildman–Crippen MR) is 410 cm³/mol. The van der Waals surface area contributed by atoms with Gasteiger partial charge in [0, 0.05) is 114 Å². The van der Waals surface area contributed by atoms with Crippen molar-refractivity contribution >= 4 is 0 Å². The van der Waals surface area contributed by atoms with Gasteiger partial charge in [0.1, 0.15) is 5.82 Å². The van der Waals surface area contributed by atoms with Crippen molar-refractivity contribution in [1.29, 1.82) is 0 Å². The molecule has 3 radical (unpaired) electrons. The Labute approximate surface area is 665 Å². The summed E-state index contributed by atoms with van der Waals surface area (Å²) in [6.07, 6.45) is 8.39. The van der Waals surface area contributed by atoms with Gasteiger partial charge in [0.25, 0.3) is 0 Å². The fraction of sp³-hybridized carbons (Fsp3) is 0.0968. The van der Waals surface area contributed by atoms with Gasteiger partial charge in [-0.3, -0.25) is 0 Å². The van der Waals surface area contributed by atoms with E-state index in [0.717, 1.165) is 106 Å². The van der Waals surface area contributed by atoms with Crippen LogP contribution >= 0.6 is 0 Å². The monoisotopic (exact) mass is 1890 g/mol. The van der Waals surface area contributed by atoms with E-state index >= 15 is 0 Å². The molecule has 6 nitrogen and oxygen atoms in total. The number of hydrogen-bond donors (Lipinski definition) is 0. The second kappa shape index (κ2) is 42.2. The van der Waals surface area contributed by atoms with Gasteiger partial charge in [-0.15, -0.1) is 215 Å². The number of hydrogen-bond acceptors (Lipinski definition) is 6. The van der Waals surface area contributed by atoms with Crippen LogP contribution in [0.2, 0.25) is 0 Å². The molecule has 15 aromatic rings. The Morgan fingerprint density at radius 1 is 0.340 bits per heavy atom. The van der Waals surface area contributed by atoms with Crippen LogP contribution in [0.5, 0.6) is 0 Å². The van der Waals surface area contributed by atoms with E-state index in [1.165, 1.54) is 24.7 Å². The molecule has 0 spiro atoms. The topological polar surface area (TPSA) is 77.3 Å². The van der Waals surface area contributed by atoms with Gasteiger partial charge in [0.05, 0.1) is 0 Å². The number of pyridine rings is 6. The Morgan fingerprint density at radius 3 is 0.845 bits per heavy atom. The van der Waals surface area contributed by atoms with Crippen LogP contribution in [0.1, 0.15) is 76.5 Å². The molecule has 0 aliphatic carbocycles. The Bertz CT molecular complexity index is 5000. The normalized spacial score (nSPS) is 12.4. The van der Waals surface area contributed by atoms with Crippen LogP contribution in [-0.4, -0.2) is 29.9 Å². The van der Waals surface area contributed by atoms with Crippen LogP contribution in [-0.2, 0) is 66.7 Å². The summed E-state index contributed by atoms with van der Waals surface area (Å²) in [6, 6.07) is 107. The largest absolute Gasteiger partial charge is 0.304 e. The number of nitrogens with zero attached hydrogens (tertiary/aromatic N) is 6. The number of aryl methyl sites for hydroxylation is 5. The van der Waals surface area contributed by atoms with Crippen LogP contribution in [0.4, 0.5) is 4.39 Å². The minimum atomic E-state index is -2.09. The van der Waals surface area contributed by atoms with Gasteiger partial charge in [0.15, 0.2) is 0 Å². The summed E-state index contributed by atoms with van der Waals surface area (Å²) in [7, 11) is 0. The summed E-state index contributed by atoms with van der Waals surface area (Å²) in [5.74, 6) is -0.749. The summed E-state index contributed by atoms with van der Waals surface area (Å²) in [5, 5.41) is 0. The van der Waals surface area contributed by atoms with Gasteiger partial charge in [-0.1, -0.05) is 148 Å². The summed E-state index contributed by atoms with van der Waals surface area (Å²) in [5.41, 5.74) is 19.7. The summed E-state index contributed by atoms with van der Waals surface area (Å²) >= 11 is 0. The molecular formula is C93H77FIr3N6-6. The van der Waals surface area contributed by atoms with E-state index in [2.05, 4.69) is 84.5 Å². The van der Waals surface area contributed by atoms with Crippen molar-refractivity contribution in [3.05, 3.63) is 398 Å². The number of aromatic nitrogens is 6. The van der Waals surface area contributed by atoms with Gasteiger partial charge in [0.2, 0.25) is 0 Å². The third-order valence-corrected chi connectivity index (χ3v) is 15.3. The van der Waals surface area contributed by atoms with E-state index in [-0.39, 0.29) is 82.8 Å². The zero-order chi connectivity index (χ0) is 79.9. The predicted octanol–water partition coefficient (Wildman–Crippen LogP) is 23.3. The van der Waals surface area contributed by atoms with Gasteiger partial charge in [-0.2, -0.15) is 0 Å². The first kappa shape index (κ1) is 63.7. The Hall–Kier alpha value is -10.2. The zero-order valence-corrected chi connectivity index (χ0v) is 63.8. The minimum absolute atomic E-state index is 0. The van der Waals surface area contributed by atoms with Crippen molar-refractivity contribution < 1.29 is 81.2 Å². The minimum Gasteiger partial charge on any atom is -0.304 e. The first-order chi connectivity index (χ1) is 53.5. The number of halogens is 1. The van der Waals surface area contributed by atoms with E-state index in [0.29, 0.717) is 11.1 Å². The van der Waals surface area contributed by atoms with Gasteiger partial charge < -0.3 is 29.9 Å². The standard InChI is InChI=1S/C20H18N.C19H16N.C18H13FN.3C12H10N.3Ir/c1-15(2)16-8-10-17(11-9-16)19-12-13-20(21-14-19)18-6-4-3-5-7-18;1-2-15-8-10-16(11-9-15)18-12-13-19(20-14-18)17-6-4-3-5-7-17;1-13-11-15(7-9-17(13)19)16-8-10-18(20-12-16)14-5-3-2-4-6-14;3*1-10-7-8-12(13-9-10)11-5-3-2-4-6-11;;;/h3-6,8-15H,1-2H3;3-6,8-14H,2H2,1H3;2-5,7-12H,1H3;3*2-5,7-9H,1H3;;;/q6*-1;;;/i15D;2D2;;3*1D3;;;. The van der Waals surface area contributed by atoms with Crippen molar-refractivity contribution in [2.75, 3.05) is 0 Å². The molecule has 0 bridgehead atoms. The molecule has 0 atom stereocenters. The molecule has 0 fully saturated rings. The van der Waals surface area contributed by atoms with Crippen LogP contribution < -0.4 is 0 Å². The van der Waals surface area contributed by atoms with E-state index in [1.807, 2.05) is 233 Å². The molecule has 6 aromatic heterocycles. The third kappa shape index (κ3) is 24.8. The average Bonchev–Trinajstić information content (AvgIpc) is 0.828. The Morgan fingerprint density at radius 2 is 0.612 bits per heavy atom. The van der Waals surface area contributed by atoms with Gasteiger partial charge >= 0.3 is 0 Å². The molecule has 0 saturated heterocycles. The molecule has 0 aliphatic heterocycles. The van der Waals surface area contributed by atoms with E-state index in [9.17, 15) is 4.39 Å².